The first-order valence-electron chi connectivity index (χ1n) is 8.51. The van der Waals surface area contributed by atoms with E-state index < -0.39 is 0 Å². The van der Waals surface area contributed by atoms with Crippen molar-refractivity contribution >= 4 is 23.6 Å². The van der Waals surface area contributed by atoms with Crippen LogP contribution in [-0.4, -0.2) is 31.2 Å². The van der Waals surface area contributed by atoms with Crippen molar-refractivity contribution < 1.29 is 0 Å². The summed E-state index contributed by atoms with van der Waals surface area (Å²) in [5.41, 5.74) is 3.37. The summed E-state index contributed by atoms with van der Waals surface area (Å²) in [6.45, 7) is 5.92. The Morgan fingerprint density at radius 2 is 2.00 bits per heavy atom. The highest BCUT2D eigenvalue weighted by Crippen LogP contribution is 2.34. The van der Waals surface area contributed by atoms with E-state index in [9.17, 15) is 0 Å². The number of rotatable bonds is 4. The monoisotopic (exact) mass is 371 g/mol. The van der Waals surface area contributed by atoms with E-state index in [0.717, 1.165) is 12.2 Å². The second kappa shape index (κ2) is 6.82. The molecule has 4 rings (SSSR count). The maximum atomic E-state index is 5.64. The molecule has 0 radical (unpaired) electrons. The Kier molecular flexibility index (Phi) is 4.54. The summed E-state index contributed by atoms with van der Waals surface area (Å²) in [5.74, 6) is 0. The van der Waals surface area contributed by atoms with Gasteiger partial charge in [0.1, 0.15) is 0 Å². The molecule has 1 aliphatic rings. The number of hydrogen-bond donors (Lipinski definition) is 0. The van der Waals surface area contributed by atoms with E-state index in [1.165, 1.54) is 28.8 Å². The Morgan fingerprint density at radius 1 is 1.20 bits per heavy atom. The standard InChI is InChI=1S/C18H21N5S2/c1-13-9-14(2)11-15(10-13)23-18(24)22(19-20-23)12-21-7-3-5-16(21)17-6-4-8-25-17/h4,6,8-11,16H,3,5,7,12H2,1-2H3/t16-/m1/s1. The van der Waals surface area contributed by atoms with Crippen LogP contribution in [0, 0.1) is 18.6 Å². The van der Waals surface area contributed by atoms with Gasteiger partial charge in [-0.25, -0.2) is 4.68 Å². The molecule has 2 aromatic heterocycles. The second-order valence-electron chi connectivity index (χ2n) is 6.65. The third-order valence-corrected chi connectivity index (χ3v) is 6.00. The van der Waals surface area contributed by atoms with Crippen molar-refractivity contribution in [2.45, 2.75) is 39.4 Å². The van der Waals surface area contributed by atoms with Gasteiger partial charge in [-0.2, -0.15) is 4.68 Å². The molecule has 3 heterocycles. The van der Waals surface area contributed by atoms with Crippen molar-refractivity contribution in [3.05, 3.63) is 56.5 Å². The molecule has 1 aromatic carbocycles. The molecule has 1 saturated heterocycles. The summed E-state index contributed by atoms with van der Waals surface area (Å²) in [4.78, 5) is 3.87. The topological polar surface area (TPSA) is 38.9 Å². The van der Waals surface area contributed by atoms with Crippen LogP contribution >= 0.6 is 23.6 Å². The van der Waals surface area contributed by atoms with Crippen molar-refractivity contribution in [3.63, 3.8) is 0 Å². The zero-order valence-corrected chi connectivity index (χ0v) is 16.1. The first-order chi connectivity index (χ1) is 12.1. The highest BCUT2D eigenvalue weighted by molar-refractivity contribution is 7.71. The number of aromatic nitrogens is 4. The van der Waals surface area contributed by atoms with Gasteiger partial charge in [0, 0.05) is 17.5 Å². The second-order valence-corrected chi connectivity index (χ2v) is 7.99. The number of nitrogens with zero attached hydrogens (tertiary/aromatic N) is 5. The van der Waals surface area contributed by atoms with Crippen LogP contribution in [0.1, 0.15) is 34.9 Å². The Balaban J connectivity index is 1.60. The molecule has 3 aromatic rings. The van der Waals surface area contributed by atoms with Crippen LogP contribution in [0.5, 0.6) is 0 Å². The first kappa shape index (κ1) is 16.6. The molecule has 5 nitrogen and oxygen atoms in total. The molecule has 0 saturated carbocycles. The van der Waals surface area contributed by atoms with Crippen molar-refractivity contribution in [1.29, 1.82) is 0 Å². The number of tetrazole rings is 1. The Labute approximate surface area is 156 Å². The lowest BCUT2D eigenvalue weighted by Crippen LogP contribution is -2.26. The number of thiophene rings is 1. The van der Waals surface area contributed by atoms with Crippen LogP contribution < -0.4 is 0 Å². The van der Waals surface area contributed by atoms with Crippen LogP contribution in [0.2, 0.25) is 0 Å². The molecule has 1 atom stereocenters. The Morgan fingerprint density at radius 3 is 2.72 bits per heavy atom. The van der Waals surface area contributed by atoms with Gasteiger partial charge >= 0.3 is 0 Å². The normalized spacial score (nSPS) is 18.1. The predicted molar refractivity (Wildman–Crippen MR) is 103 cm³/mol. The highest BCUT2D eigenvalue weighted by atomic mass is 32.1. The highest BCUT2D eigenvalue weighted by Gasteiger charge is 2.27. The minimum absolute atomic E-state index is 0.466. The van der Waals surface area contributed by atoms with Gasteiger partial charge in [0.15, 0.2) is 0 Å². The molecule has 0 spiro atoms. The summed E-state index contributed by atoms with van der Waals surface area (Å²) in [6.07, 6.45) is 2.40. The van der Waals surface area contributed by atoms with Crippen LogP contribution in [0.3, 0.4) is 0 Å². The molecule has 0 bridgehead atoms. The lowest BCUT2D eigenvalue weighted by molar-refractivity contribution is 0.190. The average molecular weight is 372 g/mol. The molecule has 1 fully saturated rings. The Bertz CT molecular complexity index is 905. The predicted octanol–water partition coefficient (Wildman–Crippen LogP) is 4.27. The fourth-order valence-corrected chi connectivity index (χ4v) is 4.70. The summed E-state index contributed by atoms with van der Waals surface area (Å²) >= 11 is 7.47. The molecule has 130 valence electrons. The van der Waals surface area contributed by atoms with Crippen molar-refractivity contribution in [2.24, 2.45) is 0 Å². The molecule has 7 heteroatoms. The first-order valence-corrected chi connectivity index (χ1v) is 9.79. The third-order valence-electron chi connectivity index (χ3n) is 4.64. The van der Waals surface area contributed by atoms with Gasteiger partial charge in [-0.3, -0.25) is 4.90 Å². The maximum absolute atomic E-state index is 5.64. The van der Waals surface area contributed by atoms with E-state index in [4.69, 9.17) is 12.2 Å². The number of benzene rings is 1. The fourth-order valence-electron chi connectivity index (χ4n) is 3.57. The molecular formula is C18H21N5S2. The third kappa shape index (κ3) is 3.31. The summed E-state index contributed by atoms with van der Waals surface area (Å²) < 4.78 is 4.23. The summed E-state index contributed by atoms with van der Waals surface area (Å²) in [6, 6.07) is 11.1. The van der Waals surface area contributed by atoms with Gasteiger partial charge in [0.2, 0.25) is 4.77 Å². The van der Waals surface area contributed by atoms with Crippen molar-refractivity contribution in [3.8, 4) is 5.69 Å². The molecule has 0 aliphatic carbocycles. The molecule has 1 aliphatic heterocycles. The van der Waals surface area contributed by atoms with Gasteiger partial charge < -0.3 is 0 Å². The van der Waals surface area contributed by atoms with E-state index in [-0.39, 0.29) is 0 Å². The van der Waals surface area contributed by atoms with E-state index >= 15 is 0 Å². The molecule has 0 unspecified atom stereocenters. The molecule has 25 heavy (non-hydrogen) atoms. The van der Waals surface area contributed by atoms with Crippen LogP contribution in [0.25, 0.3) is 5.69 Å². The summed E-state index contributed by atoms with van der Waals surface area (Å²) in [5, 5.41) is 10.8. The average Bonchev–Trinajstić information content (AvgIpc) is 3.29. The number of hydrogen-bond acceptors (Lipinski definition) is 5. The lowest BCUT2D eigenvalue weighted by Gasteiger charge is -2.22. The zero-order chi connectivity index (χ0) is 17.4. The largest absolute Gasteiger partial charge is 0.276 e. The van der Waals surface area contributed by atoms with E-state index in [0.29, 0.717) is 17.5 Å². The van der Waals surface area contributed by atoms with Gasteiger partial charge in [0.05, 0.1) is 12.4 Å². The van der Waals surface area contributed by atoms with Gasteiger partial charge in [-0.1, -0.05) is 12.1 Å². The van der Waals surface area contributed by atoms with Gasteiger partial charge in [-0.05, 0) is 84.0 Å². The SMILES string of the molecule is Cc1cc(C)cc(-n2nnn(CN3CCC[C@@H]3c3cccs3)c2=S)c1. The summed E-state index contributed by atoms with van der Waals surface area (Å²) in [7, 11) is 0. The number of likely N-dealkylation sites (tertiary alicyclic amines) is 1. The van der Waals surface area contributed by atoms with Crippen LogP contribution in [-0.2, 0) is 6.67 Å². The molecular weight excluding hydrogens is 350 g/mol. The maximum Gasteiger partial charge on any atom is 0.221 e. The quantitative estimate of drug-likeness (QED) is 0.642. The smallest absolute Gasteiger partial charge is 0.221 e. The van der Waals surface area contributed by atoms with E-state index in [1.807, 2.05) is 16.0 Å². The van der Waals surface area contributed by atoms with Gasteiger partial charge in [0.25, 0.3) is 0 Å². The fraction of sp³-hybridized carbons (Fsp3) is 0.389. The minimum Gasteiger partial charge on any atom is -0.276 e. The number of aryl methyl sites for hydroxylation is 2. The van der Waals surface area contributed by atoms with E-state index in [2.05, 4.69) is 64.9 Å². The molecule has 0 amide bonds. The minimum atomic E-state index is 0.466. The van der Waals surface area contributed by atoms with Crippen molar-refractivity contribution in [1.82, 2.24) is 24.7 Å². The van der Waals surface area contributed by atoms with Crippen LogP contribution in [0.15, 0.2) is 35.7 Å². The van der Waals surface area contributed by atoms with Crippen molar-refractivity contribution in [2.75, 3.05) is 6.54 Å². The van der Waals surface area contributed by atoms with Gasteiger partial charge in [-0.15, -0.1) is 11.3 Å². The Hall–Kier alpha value is -1.83. The van der Waals surface area contributed by atoms with E-state index in [1.54, 1.807) is 4.68 Å². The lowest BCUT2D eigenvalue weighted by atomic mass is 10.1. The molecule has 0 N–H and O–H groups in total. The zero-order valence-electron chi connectivity index (χ0n) is 14.4. The van der Waals surface area contributed by atoms with Crippen LogP contribution in [0.4, 0.5) is 0 Å².